The molecule has 2 aromatic carbocycles. The van der Waals surface area contributed by atoms with E-state index in [9.17, 15) is 9.90 Å². The maximum absolute atomic E-state index is 12.8. The summed E-state index contributed by atoms with van der Waals surface area (Å²) in [5.41, 5.74) is 2.29. The summed E-state index contributed by atoms with van der Waals surface area (Å²) in [5.74, 6) is 0.181. The summed E-state index contributed by atoms with van der Waals surface area (Å²) >= 11 is 7.18. The van der Waals surface area contributed by atoms with Crippen LogP contribution in [0.2, 0.25) is 5.02 Å². The lowest BCUT2D eigenvalue weighted by atomic mass is 10.0. The molecule has 0 spiro atoms. The summed E-state index contributed by atoms with van der Waals surface area (Å²) in [6.07, 6.45) is 1.45. The number of ketones is 1. The molecule has 4 rings (SSSR count). The number of hydrogen-bond acceptors (Lipinski definition) is 6. The summed E-state index contributed by atoms with van der Waals surface area (Å²) in [6, 6.07) is 12.1. The fraction of sp³-hybridized carbons (Fsp3) is 0.0526. The Balaban J connectivity index is 1.68. The van der Waals surface area contributed by atoms with Crippen molar-refractivity contribution < 1.29 is 9.90 Å². The highest BCUT2D eigenvalue weighted by molar-refractivity contribution is 8.02. The van der Waals surface area contributed by atoms with Crippen LogP contribution in [0.3, 0.4) is 0 Å². The van der Waals surface area contributed by atoms with Crippen LogP contribution in [0.5, 0.6) is 5.75 Å². The number of rotatable bonds is 3. The third-order valence-electron chi connectivity index (χ3n) is 3.98. The first-order valence-electron chi connectivity index (χ1n) is 8.00. The van der Waals surface area contributed by atoms with Crippen molar-refractivity contribution in [2.45, 2.75) is 12.1 Å². The Labute approximate surface area is 164 Å². The number of halogens is 1. The molecule has 1 aromatic heterocycles. The maximum Gasteiger partial charge on any atom is 0.216 e. The van der Waals surface area contributed by atoms with Crippen LogP contribution in [0.15, 0.2) is 63.7 Å². The highest BCUT2D eigenvalue weighted by Gasteiger charge is 2.20. The normalized spacial score (nSPS) is 13.0. The van der Waals surface area contributed by atoms with Gasteiger partial charge in [0.2, 0.25) is 5.16 Å². The van der Waals surface area contributed by atoms with Crippen molar-refractivity contribution in [2.75, 3.05) is 0 Å². The Hall–Kier alpha value is -2.90. The number of Topliss-reactive ketones (excluding diaryl/α,β-unsaturated/α-hetero) is 1. The van der Waals surface area contributed by atoms with Crippen LogP contribution in [0.25, 0.3) is 11.4 Å². The maximum atomic E-state index is 12.8. The molecule has 0 radical (unpaired) electrons. The van der Waals surface area contributed by atoms with Crippen LogP contribution >= 0.6 is 23.4 Å². The lowest BCUT2D eigenvalue weighted by Gasteiger charge is -2.05. The van der Waals surface area contributed by atoms with Gasteiger partial charge in [0.1, 0.15) is 5.75 Å². The highest BCUT2D eigenvalue weighted by Crippen LogP contribution is 2.29. The fourth-order valence-electron chi connectivity index (χ4n) is 2.59. The van der Waals surface area contributed by atoms with E-state index in [2.05, 4.69) is 15.3 Å². The van der Waals surface area contributed by atoms with Gasteiger partial charge in [-0.25, -0.2) is 0 Å². The molecule has 6 nitrogen and oxygen atoms in total. The molecule has 1 N–H and O–H groups in total. The molecular formula is C19H13ClN4O2S. The molecule has 1 aliphatic heterocycles. The van der Waals surface area contributed by atoms with E-state index in [0.717, 1.165) is 11.1 Å². The van der Waals surface area contributed by atoms with Crippen LogP contribution in [-0.2, 0) is 0 Å². The third kappa shape index (κ3) is 3.39. The average Bonchev–Trinajstić information content (AvgIpc) is 2.95. The lowest BCUT2D eigenvalue weighted by molar-refractivity contribution is 0.103. The largest absolute Gasteiger partial charge is 0.507 e. The summed E-state index contributed by atoms with van der Waals surface area (Å²) < 4.78 is 1.57. The number of phenolic OH excluding ortho intramolecular Hbond substituents is 1. The Morgan fingerprint density at radius 3 is 2.70 bits per heavy atom. The van der Waals surface area contributed by atoms with Gasteiger partial charge in [0.15, 0.2) is 11.6 Å². The zero-order valence-corrected chi connectivity index (χ0v) is 15.7. The van der Waals surface area contributed by atoms with Gasteiger partial charge in [0, 0.05) is 16.2 Å². The summed E-state index contributed by atoms with van der Waals surface area (Å²) in [6.45, 7) is 1.86. The Bertz CT molecular complexity index is 1100. The number of fused-ring (bicyclic) bond motifs is 1. The van der Waals surface area contributed by atoms with Gasteiger partial charge in [-0.1, -0.05) is 35.0 Å². The van der Waals surface area contributed by atoms with E-state index < -0.39 is 0 Å². The van der Waals surface area contributed by atoms with Crippen molar-refractivity contribution >= 4 is 35.4 Å². The molecule has 134 valence electrons. The van der Waals surface area contributed by atoms with E-state index >= 15 is 0 Å². The van der Waals surface area contributed by atoms with Crippen LogP contribution in [0, 0.1) is 6.92 Å². The summed E-state index contributed by atoms with van der Waals surface area (Å²) in [4.78, 5) is 12.8. The lowest BCUT2D eigenvalue weighted by Crippen LogP contribution is -2.05. The molecule has 1 aliphatic rings. The first-order chi connectivity index (χ1) is 13.0. The molecule has 8 heteroatoms. The Morgan fingerprint density at radius 1 is 1.15 bits per heavy atom. The first kappa shape index (κ1) is 17.5. The number of benzene rings is 2. The molecular weight excluding hydrogens is 384 g/mol. The topological polar surface area (TPSA) is 80.4 Å². The van der Waals surface area contributed by atoms with Gasteiger partial charge in [0.25, 0.3) is 0 Å². The number of carbonyl (C=O) groups is 1. The number of carbonyl (C=O) groups excluding carboxylic acids is 1. The zero-order valence-electron chi connectivity index (χ0n) is 14.1. The van der Waals surface area contributed by atoms with Gasteiger partial charge >= 0.3 is 0 Å². The van der Waals surface area contributed by atoms with Gasteiger partial charge < -0.3 is 5.11 Å². The van der Waals surface area contributed by atoms with E-state index in [1.165, 1.54) is 24.0 Å². The molecule has 0 unspecified atom stereocenters. The molecule has 2 heterocycles. The Morgan fingerprint density at radius 2 is 1.93 bits per heavy atom. The zero-order chi connectivity index (χ0) is 19.0. The quantitative estimate of drug-likeness (QED) is 0.667. The van der Waals surface area contributed by atoms with Crippen LogP contribution in [0.1, 0.15) is 15.9 Å². The predicted molar refractivity (Wildman–Crippen MR) is 105 cm³/mol. The fourth-order valence-corrected chi connectivity index (χ4v) is 3.44. The minimum atomic E-state index is -0.306. The second-order valence-corrected chi connectivity index (χ2v) is 7.18. The van der Waals surface area contributed by atoms with Gasteiger partial charge in [-0.15, -0.1) is 10.2 Å². The Kier molecular flexibility index (Phi) is 4.55. The number of hydrogen-bond donors (Lipinski definition) is 1. The van der Waals surface area contributed by atoms with Crippen molar-refractivity contribution in [2.24, 2.45) is 5.10 Å². The monoisotopic (exact) mass is 396 g/mol. The van der Waals surface area contributed by atoms with E-state index in [4.69, 9.17) is 11.6 Å². The van der Waals surface area contributed by atoms with E-state index in [0.29, 0.717) is 21.6 Å². The molecule has 0 amide bonds. The van der Waals surface area contributed by atoms with E-state index in [-0.39, 0.29) is 17.1 Å². The van der Waals surface area contributed by atoms with Crippen LogP contribution < -0.4 is 0 Å². The second-order valence-electron chi connectivity index (χ2n) is 5.91. The third-order valence-corrected chi connectivity index (χ3v) is 5.07. The minimum absolute atomic E-state index is 0.0598. The highest BCUT2D eigenvalue weighted by atomic mass is 35.5. The molecule has 27 heavy (non-hydrogen) atoms. The predicted octanol–water partition coefficient (Wildman–Crippen LogP) is 4.32. The van der Waals surface area contributed by atoms with Crippen molar-refractivity contribution in [3.63, 3.8) is 0 Å². The molecule has 0 aliphatic carbocycles. The van der Waals surface area contributed by atoms with E-state index in [1.807, 2.05) is 19.1 Å². The molecule has 0 bridgehead atoms. The summed E-state index contributed by atoms with van der Waals surface area (Å²) in [5, 5.41) is 25.5. The van der Waals surface area contributed by atoms with Crippen molar-refractivity contribution in [3.8, 4) is 17.1 Å². The van der Waals surface area contributed by atoms with Gasteiger partial charge in [0.05, 0.1) is 11.8 Å². The number of allylic oxidation sites excluding steroid dienone is 1. The number of aromatic hydroxyl groups is 1. The number of nitrogens with zero attached hydrogens (tertiary/aromatic N) is 4. The standard InChI is InChI=1S/C19H13ClN4O2S/c1-11-2-7-16(25)15(8-11)17(26)13-9-21-24-18(22-23-19(24)27-10-13)12-3-5-14(20)6-4-12/h2-10,25H,1H3. The molecule has 0 saturated carbocycles. The summed E-state index contributed by atoms with van der Waals surface area (Å²) in [7, 11) is 0. The van der Waals surface area contributed by atoms with Crippen LogP contribution in [0.4, 0.5) is 0 Å². The van der Waals surface area contributed by atoms with Gasteiger partial charge in [-0.2, -0.15) is 9.78 Å². The SMILES string of the molecule is Cc1ccc(O)c(C(=O)C2=CSc3nnc(-c4ccc(Cl)cc4)n3N=C2)c1. The molecule has 0 saturated heterocycles. The van der Waals surface area contributed by atoms with Gasteiger partial charge in [-0.05, 0) is 48.7 Å². The van der Waals surface area contributed by atoms with E-state index in [1.54, 1.807) is 34.3 Å². The van der Waals surface area contributed by atoms with Crippen molar-refractivity contribution in [1.29, 1.82) is 0 Å². The number of phenols is 1. The minimum Gasteiger partial charge on any atom is -0.507 e. The number of thioether (sulfide) groups is 1. The molecule has 0 fully saturated rings. The molecule has 0 atom stereocenters. The van der Waals surface area contributed by atoms with Gasteiger partial charge in [-0.3, -0.25) is 4.79 Å². The first-order valence-corrected chi connectivity index (χ1v) is 9.25. The van der Waals surface area contributed by atoms with Crippen molar-refractivity contribution in [1.82, 2.24) is 14.9 Å². The van der Waals surface area contributed by atoms with Crippen LogP contribution in [-0.4, -0.2) is 32.0 Å². The average molecular weight is 397 g/mol. The number of aryl methyl sites for hydroxylation is 1. The van der Waals surface area contributed by atoms with Crippen molar-refractivity contribution in [3.05, 3.63) is 69.6 Å². The number of aromatic nitrogens is 3. The smallest absolute Gasteiger partial charge is 0.216 e. The molecule has 3 aromatic rings. The second kappa shape index (κ2) is 7.02.